The molecular weight excluding hydrogens is 308 g/mol. The zero-order chi connectivity index (χ0) is 15.3. The summed E-state index contributed by atoms with van der Waals surface area (Å²) in [5.74, 6) is -0.0344. The SMILES string of the molecule is N#Cc1ccc(NS(=O)(=O)CCc2ccccc2)c(Cl)c1. The lowest BCUT2D eigenvalue weighted by Gasteiger charge is -2.09. The fourth-order valence-corrected chi connectivity index (χ4v) is 3.19. The van der Waals surface area contributed by atoms with Crippen molar-refractivity contribution in [2.24, 2.45) is 0 Å². The summed E-state index contributed by atoms with van der Waals surface area (Å²) >= 11 is 5.95. The van der Waals surface area contributed by atoms with Gasteiger partial charge in [0.05, 0.1) is 28.1 Å². The Morgan fingerprint density at radius 2 is 1.86 bits per heavy atom. The first kappa shape index (κ1) is 15.4. The fraction of sp³-hybridized carbons (Fsp3) is 0.133. The summed E-state index contributed by atoms with van der Waals surface area (Å²) in [6.45, 7) is 0. The number of sulfonamides is 1. The molecular formula is C15H13ClN2O2S. The lowest BCUT2D eigenvalue weighted by molar-refractivity contribution is 0.600. The molecule has 0 amide bonds. The molecule has 0 aliphatic rings. The molecule has 2 aromatic rings. The molecule has 0 saturated carbocycles. The Balaban J connectivity index is 2.06. The summed E-state index contributed by atoms with van der Waals surface area (Å²) in [7, 11) is -3.49. The molecule has 0 unspecified atom stereocenters. The smallest absolute Gasteiger partial charge is 0.233 e. The van der Waals surface area contributed by atoms with Gasteiger partial charge in [0.15, 0.2) is 0 Å². The maximum Gasteiger partial charge on any atom is 0.233 e. The highest BCUT2D eigenvalue weighted by Crippen LogP contribution is 2.24. The third-order valence-corrected chi connectivity index (χ3v) is 4.45. The van der Waals surface area contributed by atoms with Crippen molar-refractivity contribution in [1.29, 1.82) is 5.26 Å². The summed E-state index contributed by atoms with van der Waals surface area (Å²) in [6.07, 6.45) is 0.421. The van der Waals surface area contributed by atoms with E-state index < -0.39 is 10.0 Å². The molecule has 108 valence electrons. The quantitative estimate of drug-likeness (QED) is 0.919. The third kappa shape index (κ3) is 4.48. The molecule has 1 N–H and O–H groups in total. The van der Waals surface area contributed by atoms with Crippen LogP contribution in [0.3, 0.4) is 0 Å². The highest BCUT2D eigenvalue weighted by atomic mass is 35.5. The molecule has 2 rings (SSSR count). The van der Waals surface area contributed by atoms with Crippen molar-refractivity contribution in [3.63, 3.8) is 0 Å². The minimum Gasteiger partial charge on any atom is -0.282 e. The van der Waals surface area contributed by atoms with E-state index in [1.54, 1.807) is 0 Å². The molecule has 0 fully saturated rings. The zero-order valence-corrected chi connectivity index (χ0v) is 12.7. The van der Waals surface area contributed by atoms with Crippen LogP contribution >= 0.6 is 11.6 Å². The van der Waals surface area contributed by atoms with Gasteiger partial charge in [-0.1, -0.05) is 41.9 Å². The number of nitrogens with one attached hydrogen (secondary N) is 1. The molecule has 0 spiro atoms. The molecule has 0 radical (unpaired) electrons. The number of benzene rings is 2. The van der Waals surface area contributed by atoms with Crippen molar-refractivity contribution in [3.8, 4) is 6.07 Å². The predicted molar refractivity (Wildman–Crippen MR) is 83.7 cm³/mol. The molecule has 4 nitrogen and oxygen atoms in total. The van der Waals surface area contributed by atoms with Gasteiger partial charge in [-0.2, -0.15) is 5.26 Å². The summed E-state index contributed by atoms with van der Waals surface area (Å²) in [5.41, 5.74) is 1.62. The molecule has 2 aromatic carbocycles. The number of nitrogens with zero attached hydrogens (tertiary/aromatic N) is 1. The average molecular weight is 321 g/mol. The highest BCUT2D eigenvalue weighted by molar-refractivity contribution is 7.92. The van der Waals surface area contributed by atoms with Crippen LogP contribution < -0.4 is 4.72 Å². The van der Waals surface area contributed by atoms with E-state index in [4.69, 9.17) is 16.9 Å². The summed E-state index contributed by atoms with van der Waals surface area (Å²) in [5, 5.41) is 8.95. The van der Waals surface area contributed by atoms with Crippen molar-refractivity contribution >= 4 is 27.3 Å². The Morgan fingerprint density at radius 1 is 1.14 bits per heavy atom. The van der Waals surface area contributed by atoms with Crippen molar-refractivity contribution in [2.75, 3.05) is 10.5 Å². The van der Waals surface area contributed by atoms with Crippen molar-refractivity contribution < 1.29 is 8.42 Å². The van der Waals surface area contributed by atoms with Crippen molar-refractivity contribution in [3.05, 3.63) is 64.7 Å². The number of rotatable bonds is 5. The molecule has 0 atom stereocenters. The molecule has 0 aliphatic carbocycles. The van der Waals surface area contributed by atoms with Crippen LogP contribution in [0.1, 0.15) is 11.1 Å². The normalized spacial score (nSPS) is 10.9. The second kappa shape index (κ2) is 6.61. The van der Waals surface area contributed by atoms with E-state index in [-0.39, 0.29) is 16.5 Å². The monoisotopic (exact) mass is 320 g/mol. The van der Waals surface area contributed by atoms with Gasteiger partial charge in [0.1, 0.15) is 0 Å². The zero-order valence-electron chi connectivity index (χ0n) is 11.1. The first-order chi connectivity index (χ1) is 10.00. The Hall–Kier alpha value is -2.03. The van der Waals surface area contributed by atoms with Gasteiger partial charge in [-0.15, -0.1) is 0 Å². The molecule has 0 saturated heterocycles. The van der Waals surface area contributed by atoms with Crippen LogP contribution in [0.5, 0.6) is 0 Å². The number of anilines is 1. The van der Waals surface area contributed by atoms with E-state index in [0.29, 0.717) is 12.0 Å². The molecule has 0 aromatic heterocycles. The summed E-state index contributed by atoms with van der Waals surface area (Å²) in [4.78, 5) is 0. The van der Waals surface area contributed by atoms with Gasteiger partial charge in [0.2, 0.25) is 10.0 Å². The number of hydrogen-bond acceptors (Lipinski definition) is 3. The van der Waals surface area contributed by atoms with Crippen LogP contribution in [0.4, 0.5) is 5.69 Å². The van der Waals surface area contributed by atoms with E-state index in [9.17, 15) is 8.42 Å². The topological polar surface area (TPSA) is 70.0 Å². The largest absolute Gasteiger partial charge is 0.282 e. The van der Waals surface area contributed by atoms with Crippen LogP contribution in [0.25, 0.3) is 0 Å². The first-order valence-electron chi connectivity index (χ1n) is 6.24. The molecule has 0 aliphatic heterocycles. The third-order valence-electron chi connectivity index (χ3n) is 2.87. The highest BCUT2D eigenvalue weighted by Gasteiger charge is 2.13. The van der Waals surface area contributed by atoms with Gasteiger partial charge in [-0.3, -0.25) is 4.72 Å². The summed E-state index contributed by atoms with van der Waals surface area (Å²) in [6, 6.07) is 15.7. The standard InChI is InChI=1S/C15H13ClN2O2S/c16-14-10-13(11-17)6-7-15(14)18-21(19,20)9-8-12-4-2-1-3-5-12/h1-7,10,18H,8-9H2. The first-order valence-corrected chi connectivity index (χ1v) is 8.27. The van der Waals surface area contributed by atoms with Crippen LogP contribution in [-0.4, -0.2) is 14.2 Å². The number of halogens is 1. The van der Waals surface area contributed by atoms with E-state index in [0.717, 1.165) is 5.56 Å². The van der Waals surface area contributed by atoms with Crippen LogP contribution in [0.2, 0.25) is 5.02 Å². The second-order valence-electron chi connectivity index (χ2n) is 4.46. The number of nitriles is 1. The predicted octanol–water partition coefficient (Wildman–Crippen LogP) is 3.20. The Kier molecular flexibility index (Phi) is 4.84. The van der Waals surface area contributed by atoms with Gasteiger partial charge in [-0.25, -0.2) is 8.42 Å². The lowest BCUT2D eigenvalue weighted by atomic mass is 10.2. The maximum atomic E-state index is 12.0. The van der Waals surface area contributed by atoms with Crippen molar-refractivity contribution in [1.82, 2.24) is 0 Å². The maximum absolute atomic E-state index is 12.0. The molecule has 6 heteroatoms. The van der Waals surface area contributed by atoms with E-state index in [2.05, 4.69) is 4.72 Å². The van der Waals surface area contributed by atoms with Crippen LogP contribution in [-0.2, 0) is 16.4 Å². The Bertz CT molecular complexity index is 768. The Labute approximate surface area is 129 Å². The van der Waals surface area contributed by atoms with Gasteiger partial charge < -0.3 is 0 Å². The van der Waals surface area contributed by atoms with Crippen LogP contribution in [0, 0.1) is 11.3 Å². The number of aryl methyl sites for hydroxylation is 1. The van der Waals surface area contributed by atoms with Crippen LogP contribution in [0.15, 0.2) is 48.5 Å². The second-order valence-corrected chi connectivity index (χ2v) is 6.71. The van der Waals surface area contributed by atoms with E-state index in [1.807, 2.05) is 36.4 Å². The van der Waals surface area contributed by atoms with E-state index >= 15 is 0 Å². The Morgan fingerprint density at radius 3 is 2.48 bits per heavy atom. The van der Waals surface area contributed by atoms with Gasteiger partial charge in [0, 0.05) is 0 Å². The molecule has 21 heavy (non-hydrogen) atoms. The van der Waals surface area contributed by atoms with Gasteiger partial charge >= 0.3 is 0 Å². The molecule has 0 heterocycles. The lowest BCUT2D eigenvalue weighted by Crippen LogP contribution is -2.18. The van der Waals surface area contributed by atoms with Gasteiger partial charge in [0.25, 0.3) is 0 Å². The molecule has 0 bridgehead atoms. The minimum atomic E-state index is -3.49. The average Bonchev–Trinajstić information content (AvgIpc) is 2.48. The fourth-order valence-electron chi connectivity index (χ4n) is 1.78. The van der Waals surface area contributed by atoms with Gasteiger partial charge in [-0.05, 0) is 30.2 Å². The summed E-state index contributed by atoms with van der Waals surface area (Å²) < 4.78 is 26.5. The van der Waals surface area contributed by atoms with Crippen molar-refractivity contribution in [2.45, 2.75) is 6.42 Å². The minimum absolute atomic E-state index is 0.0344. The number of hydrogen-bond donors (Lipinski definition) is 1. The van der Waals surface area contributed by atoms with E-state index in [1.165, 1.54) is 18.2 Å².